The van der Waals surface area contributed by atoms with Gasteiger partial charge in [0.05, 0.1) is 6.17 Å². The van der Waals surface area contributed by atoms with Gasteiger partial charge in [0.25, 0.3) is 0 Å². The Balaban J connectivity index is 4.44. The van der Waals surface area contributed by atoms with Gasteiger partial charge in [-0.25, -0.2) is 9.79 Å². The van der Waals surface area contributed by atoms with Gasteiger partial charge >= 0.3 is 8.56 Å². The van der Waals surface area contributed by atoms with Crippen molar-refractivity contribution < 1.29 is 13.6 Å². The lowest BCUT2D eigenvalue weighted by atomic mass is 10.6. The molecule has 5 heteroatoms. The maximum Gasteiger partial charge on any atom is 0.361 e. The van der Waals surface area contributed by atoms with Crippen LogP contribution in [0.2, 0.25) is 6.04 Å². The standard InChI is InChI=1S/C9H19NO3Si/c1-4-7-14(12-5-2,13-6-3)9-10-8-11/h4-7,9H2,1-3H3. The lowest BCUT2D eigenvalue weighted by Gasteiger charge is -2.27. The topological polar surface area (TPSA) is 47.9 Å². The highest BCUT2D eigenvalue weighted by molar-refractivity contribution is 6.67. The molecule has 0 heterocycles. The first-order valence-corrected chi connectivity index (χ1v) is 7.29. The Labute approximate surface area is 86.6 Å². The van der Waals surface area contributed by atoms with Crippen LogP contribution in [0.1, 0.15) is 27.2 Å². The van der Waals surface area contributed by atoms with Gasteiger partial charge in [-0.3, -0.25) is 0 Å². The number of isocyanates is 1. The number of aliphatic imine (C=N–C) groups is 1. The number of rotatable bonds is 8. The molecule has 4 nitrogen and oxygen atoms in total. The van der Waals surface area contributed by atoms with Crippen LogP contribution in [0, 0.1) is 0 Å². The second-order valence-electron chi connectivity index (χ2n) is 2.93. The lowest BCUT2D eigenvalue weighted by Crippen LogP contribution is -2.45. The Bertz CT molecular complexity index is 175. The van der Waals surface area contributed by atoms with Crippen molar-refractivity contribution in [2.24, 2.45) is 4.99 Å². The summed E-state index contributed by atoms with van der Waals surface area (Å²) in [6.45, 7) is 7.16. The molecule has 0 spiro atoms. The van der Waals surface area contributed by atoms with E-state index in [1.807, 2.05) is 13.8 Å². The van der Waals surface area contributed by atoms with E-state index < -0.39 is 8.56 Å². The molecule has 0 N–H and O–H groups in total. The van der Waals surface area contributed by atoms with E-state index in [9.17, 15) is 4.79 Å². The van der Waals surface area contributed by atoms with Crippen LogP contribution in [0.4, 0.5) is 0 Å². The second kappa shape index (κ2) is 7.88. The van der Waals surface area contributed by atoms with Gasteiger partial charge in [-0.15, -0.1) is 0 Å². The van der Waals surface area contributed by atoms with Crippen LogP contribution in [0.5, 0.6) is 0 Å². The quantitative estimate of drug-likeness (QED) is 0.354. The van der Waals surface area contributed by atoms with Crippen molar-refractivity contribution in [1.29, 1.82) is 0 Å². The molecule has 0 atom stereocenters. The summed E-state index contributed by atoms with van der Waals surface area (Å²) in [7, 11) is -2.25. The summed E-state index contributed by atoms with van der Waals surface area (Å²) in [6, 6.07) is 0.875. The van der Waals surface area contributed by atoms with Crippen molar-refractivity contribution in [2.45, 2.75) is 33.2 Å². The van der Waals surface area contributed by atoms with Crippen molar-refractivity contribution in [3.63, 3.8) is 0 Å². The Morgan fingerprint density at radius 2 is 1.79 bits per heavy atom. The summed E-state index contributed by atoms with van der Waals surface area (Å²) in [6.07, 6.45) is 2.90. The molecule has 82 valence electrons. The number of carbonyl (C=O) groups excluding carboxylic acids is 1. The van der Waals surface area contributed by atoms with Crippen LogP contribution >= 0.6 is 0 Å². The van der Waals surface area contributed by atoms with Gasteiger partial charge in [0, 0.05) is 13.2 Å². The van der Waals surface area contributed by atoms with E-state index in [2.05, 4.69) is 11.9 Å². The summed E-state index contributed by atoms with van der Waals surface area (Å²) in [5.74, 6) is 0. The van der Waals surface area contributed by atoms with Crippen molar-refractivity contribution in [1.82, 2.24) is 0 Å². The minimum atomic E-state index is -2.25. The number of hydrogen-bond donors (Lipinski definition) is 0. The van der Waals surface area contributed by atoms with Crippen molar-refractivity contribution in [3.8, 4) is 0 Å². The first-order valence-electron chi connectivity index (χ1n) is 5.06. The Morgan fingerprint density at radius 1 is 1.21 bits per heavy atom. The van der Waals surface area contributed by atoms with E-state index in [0.29, 0.717) is 19.4 Å². The molecule has 0 aliphatic heterocycles. The van der Waals surface area contributed by atoms with Crippen molar-refractivity contribution in [3.05, 3.63) is 0 Å². The highest BCUT2D eigenvalue weighted by Crippen LogP contribution is 2.16. The second-order valence-corrected chi connectivity index (χ2v) is 6.15. The van der Waals surface area contributed by atoms with Crippen LogP contribution in [0.15, 0.2) is 4.99 Å². The molecule has 0 aliphatic carbocycles. The Morgan fingerprint density at radius 3 is 2.14 bits per heavy atom. The zero-order valence-corrected chi connectivity index (χ0v) is 10.2. The molecule has 0 saturated heterocycles. The first-order chi connectivity index (χ1) is 6.74. The zero-order valence-electron chi connectivity index (χ0n) is 9.21. The molecule has 0 aromatic carbocycles. The molecule has 0 bridgehead atoms. The average molecular weight is 217 g/mol. The van der Waals surface area contributed by atoms with Crippen molar-refractivity contribution >= 4 is 14.6 Å². The van der Waals surface area contributed by atoms with Crippen LogP contribution in [-0.2, 0) is 13.6 Å². The van der Waals surface area contributed by atoms with Gasteiger partial charge < -0.3 is 8.85 Å². The van der Waals surface area contributed by atoms with E-state index in [4.69, 9.17) is 8.85 Å². The monoisotopic (exact) mass is 217 g/mol. The molecule has 0 aromatic heterocycles. The predicted molar refractivity (Wildman–Crippen MR) is 57.1 cm³/mol. The van der Waals surface area contributed by atoms with Crippen LogP contribution < -0.4 is 0 Å². The smallest absolute Gasteiger partial charge is 0.361 e. The Hall–Kier alpha value is -0.483. The van der Waals surface area contributed by atoms with E-state index >= 15 is 0 Å². The summed E-state index contributed by atoms with van der Waals surface area (Å²) < 4.78 is 11.3. The maximum absolute atomic E-state index is 10.1. The van der Waals surface area contributed by atoms with E-state index in [1.165, 1.54) is 0 Å². The van der Waals surface area contributed by atoms with Crippen LogP contribution in [0.25, 0.3) is 0 Å². The predicted octanol–water partition coefficient (Wildman–Crippen LogP) is 1.79. The van der Waals surface area contributed by atoms with Crippen LogP contribution in [0.3, 0.4) is 0 Å². The Kier molecular flexibility index (Phi) is 7.61. The lowest BCUT2D eigenvalue weighted by molar-refractivity contribution is 0.183. The maximum atomic E-state index is 10.1. The van der Waals surface area contributed by atoms with Gasteiger partial charge in [0.2, 0.25) is 6.08 Å². The van der Waals surface area contributed by atoms with Crippen LogP contribution in [-0.4, -0.2) is 34.0 Å². The minimum Gasteiger partial charge on any atom is -0.393 e. The van der Waals surface area contributed by atoms with E-state index in [0.717, 1.165) is 12.5 Å². The number of nitrogens with zero attached hydrogens (tertiary/aromatic N) is 1. The van der Waals surface area contributed by atoms with Crippen molar-refractivity contribution in [2.75, 3.05) is 19.4 Å². The third-order valence-electron chi connectivity index (χ3n) is 1.83. The highest BCUT2D eigenvalue weighted by Gasteiger charge is 2.36. The molecule has 0 fully saturated rings. The van der Waals surface area contributed by atoms with E-state index in [-0.39, 0.29) is 0 Å². The summed E-state index contributed by atoms with van der Waals surface area (Å²) >= 11 is 0. The summed E-state index contributed by atoms with van der Waals surface area (Å²) in [4.78, 5) is 13.7. The third kappa shape index (κ3) is 4.67. The fourth-order valence-corrected chi connectivity index (χ4v) is 4.25. The third-order valence-corrected chi connectivity index (χ3v) is 5.36. The zero-order chi connectivity index (χ0) is 10.9. The average Bonchev–Trinajstić information content (AvgIpc) is 2.16. The molecule has 0 unspecified atom stereocenters. The van der Waals surface area contributed by atoms with E-state index in [1.54, 1.807) is 6.08 Å². The molecule has 0 aromatic rings. The SMILES string of the molecule is CCC[Si](CN=C=O)(OCC)OCC. The minimum absolute atomic E-state index is 0.367. The molecule has 0 aliphatic rings. The van der Waals surface area contributed by atoms with Gasteiger partial charge in [0.15, 0.2) is 0 Å². The molecular weight excluding hydrogens is 198 g/mol. The largest absolute Gasteiger partial charge is 0.393 e. The molecule has 14 heavy (non-hydrogen) atoms. The summed E-state index contributed by atoms with van der Waals surface area (Å²) in [5.41, 5.74) is 0. The fourth-order valence-electron chi connectivity index (χ4n) is 1.42. The fraction of sp³-hybridized carbons (Fsp3) is 0.889. The molecular formula is C9H19NO3Si. The molecule has 0 saturated carbocycles. The summed E-state index contributed by atoms with van der Waals surface area (Å²) in [5, 5.41) is 0. The van der Waals surface area contributed by atoms with Gasteiger partial charge in [-0.2, -0.15) is 0 Å². The van der Waals surface area contributed by atoms with Gasteiger partial charge in [0.1, 0.15) is 0 Å². The molecule has 0 radical (unpaired) electrons. The first kappa shape index (κ1) is 13.5. The molecule has 0 rings (SSSR count). The number of hydrogen-bond acceptors (Lipinski definition) is 4. The highest BCUT2D eigenvalue weighted by atomic mass is 28.4. The van der Waals surface area contributed by atoms with Gasteiger partial charge in [-0.05, 0) is 19.9 Å². The normalized spacial score (nSPS) is 11.1. The van der Waals surface area contributed by atoms with Gasteiger partial charge in [-0.1, -0.05) is 13.3 Å². The molecule has 0 amide bonds.